The largest absolute Gasteiger partial charge is 0.295 e. The number of ketones is 1. The monoisotopic (exact) mass is 286 g/mol. The minimum absolute atomic E-state index is 0.0498. The Morgan fingerprint density at radius 3 is 2.35 bits per heavy atom. The van der Waals surface area contributed by atoms with Crippen molar-refractivity contribution in [2.45, 2.75) is 11.8 Å². The van der Waals surface area contributed by atoms with Gasteiger partial charge >= 0.3 is 0 Å². The number of benzene rings is 2. The zero-order valence-electron chi connectivity index (χ0n) is 11.0. The first kappa shape index (κ1) is 14.2. The van der Waals surface area contributed by atoms with Crippen molar-refractivity contribution in [1.82, 2.24) is 0 Å². The van der Waals surface area contributed by atoms with Gasteiger partial charge in [-0.1, -0.05) is 36.4 Å². The molecule has 0 aliphatic carbocycles. The highest BCUT2D eigenvalue weighted by atomic mass is 32.2. The molecule has 0 N–H and O–H groups in total. The summed E-state index contributed by atoms with van der Waals surface area (Å²) >= 11 is 0. The molecule has 2 rings (SSSR count). The first-order chi connectivity index (χ1) is 9.49. The fourth-order valence-corrected chi connectivity index (χ4v) is 2.75. The van der Waals surface area contributed by atoms with E-state index in [1.54, 1.807) is 54.6 Å². The van der Waals surface area contributed by atoms with Crippen LogP contribution in [0.15, 0.2) is 64.9 Å². The lowest BCUT2D eigenvalue weighted by Crippen LogP contribution is -1.95. The van der Waals surface area contributed by atoms with Crippen LogP contribution in [0.1, 0.15) is 22.8 Å². The second-order valence-electron chi connectivity index (χ2n) is 4.34. The zero-order chi connectivity index (χ0) is 14.6. The molecule has 0 atom stereocenters. The molecule has 0 bridgehead atoms. The lowest BCUT2D eigenvalue weighted by molar-refractivity contribution is 0.101. The van der Waals surface area contributed by atoms with Crippen LogP contribution >= 0.6 is 0 Å². The Balaban J connectivity index is 2.30. The van der Waals surface area contributed by atoms with E-state index in [0.717, 1.165) is 5.41 Å². The summed E-state index contributed by atoms with van der Waals surface area (Å²) in [6, 6.07) is 15.1. The normalized spacial score (nSPS) is 11.7. The van der Waals surface area contributed by atoms with E-state index in [9.17, 15) is 13.2 Å². The lowest BCUT2D eigenvalue weighted by atomic mass is 10.1. The molecule has 0 fully saturated rings. The van der Waals surface area contributed by atoms with Crippen molar-refractivity contribution in [3.63, 3.8) is 0 Å². The molecule has 0 aliphatic rings. The molecular weight excluding hydrogens is 272 g/mol. The maximum Gasteiger partial charge on any atom is 0.199 e. The van der Waals surface area contributed by atoms with Gasteiger partial charge in [-0.05, 0) is 36.8 Å². The average Bonchev–Trinajstić information content (AvgIpc) is 2.46. The number of hydrogen-bond acceptors (Lipinski definition) is 3. The van der Waals surface area contributed by atoms with Gasteiger partial charge in [0.05, 0.1) is 4.90 Å². The Labute approximate surface area is 118 Å². The molecule has 0 amide bonds. The molecule has 0 saturated carbocycles. The molecule has 2 aromatic carbocycles. The van der Waals surface area contributed by atoms with Crippen LogP contribution in [-0.4, -0.2) is 14.2 Å². The highest BCUT2D eigenvalue weighted by Gasteiger charge is 2.08. The van der Waals surface area contributed by atoms with Crippen molar-refractivity contribution in [1.29, 1.82) is 0 Å². The van der Waals surface area contributed by atoms with Crippen molar-refractivity contribution in [3.05, 3.63) is 71.1 Å². The first-order valence-corrected chi connectivity index (χ1v) is 7.63. The molecule has 20 heavy (non-hydrogen) atoms. The second-order valence-corrected chi connectivity index (χ2v) is 6.18. The van der Waals surface area contributed by atoms with E-state index in [1.165, 1.54) is 13.0 Å². The van der Waals surface area contributed by atoms with Gasteiger partial charge in [0.2, 0.25) is 0 Å². The summed E-state index contributed by atoms with van der Waals surface area (Å²) < 4.78 is 24.1. The van der Waals surface area contributed by atoms with E-state index in [2.05, 4.69) is 0 Å². The minimum atomic E-state index is -3.46. The Kier molecular flexibility index (Phi) is 4.15. The van der Waals surface area contributed by atoms with Gasteiger partial charge in [0, 0.05) is 11.0 Å². The molecule has 0 unspecified atom stereocenters. The molecule has 102 valence electrons. The van der Waals surface area contributed by atoms with Crippen LogP contribution < -0.4 is 0 Å². The number of carbonyl (C=O) groups excluding carboxylic acids is 1. The number of hydrogen-bond donors (Lipinski definition) is 0. The lowest BCUT2D eigenvalue weighted by Gasteiger charge is -1.99. The minimum Gasteiger partial charge on any atom is -0.295 e. The quantitative estimate of drug-likeness (QED) is 0.810. The van der Waals surface area contributed by atoms with Gasteiger partial charge in [-0.3, -0.25) is 4.79 Å². The summed E-state index contributed by atoms with van der Waals surface area (Å²) in [6.07, 6.45) is 1.49. The number of Topliss-reactive ketones (excluding diaryl/α,β-unsaturated/α-hetero) is 1. The molecule has 2 aromatic rings. The van der Waals surface area contributed by atoms with Gasteiger partial charge in [0.15, 0.2) is 15.6 Å². The van der Waals surface area contributed by atoms with Crippen LogP contribution in [0.4, 0.5) is 0 Å². The topological polar surface area (TPSA) is 51.2 Å². The van der Waals surface area contributed by atoms with Gasteiger partial charge < -0.3 is 0 Å². The molecule has 0 heterocycles. The van der Waals surface area contributed by atoms with Crippen LogP contribution in [0.2, 0.25) is 0 Å². The maximum atomic E-state index is 12.1. The zero-order valence-corrected chi connectivity index (χ0v) is 11.8. The summed E-state index contributed by atoms with van der Waals surface area (Å²) in [4.78, 5) is 11.5. The molecule has 3 nitrogen and oxygen atoms in total. The fourth-order valence-electron chi connectivity index (χ4n) is 1.72. The van der Waals surface area contributed by atoms with Gasteiger partial charge in [-0.15, -0.1) is 0 Å². The predicted octanol–water partition coefficient (Wildman–Crippen LogP) is 3.33. The van der Waals surface area contributed by atoms with Crippen LogP contribution in [0.5, 0.6) is 0 Å². The second kappa shape index (κ2) is 5.84. The fraction of sp³-hybridized carbons (Fsp3) is 0.0625. The van der Waals surface area contributed by atoms with Crippen LogP contribution in [0.25, 0.3) is 6.08 Å². The number of rotatable bonds is 4. The van der Waals surface area contributed by atoms with Crippen molar-refractivity contribution < 1.29 is 13.2 Å². The van der Waals surface area contributed by atoms with Gasteiger partial charge in [0.1, 0.15) is 0 Å². The molecule has 0 spiro atoms. The molecule has 0 aromatic heterocycles. The van der Waals surface area contributed by atoms with Gasteiger partial charge in [0.25, 0.3) is 0 Å². The number of carbonyl (C=O) groups is 1. The van der Waals surface area contributed by atoms with Crippen molar-refractivity contribution in [2.75, 3.05) is 0 Å². The van der Waals surface area contributed by atoms with Crippen molar-refractivity contribution in [2.24, 2.45) is 0 Å². The van der Waals surface area contributed by atoms with E-state index in [1.807, 2.05) is 0 Å². The van der Waals surface area contributed by atoms with Crippen LogP contribution in [0, 0.1) is 0 Å². The average molecular weight is 286 g/mol. The molecule has 0 aliphatic heterocycles. The van der Waals surface area contributed by atoms with E-state index in [-0.39, 0.29) is 10.7 Å². The Bertz CT molecular complexity index is 744. The third-order valence-electron chi connectivity index (χ3n) is 2.80. The summed E-state index contributed by atoms with van der Waals surface area (Å²) in [5, 5.41) is 1.15. The van der Waals surface area contributed by atoms with E-state index >= 15 is 0 Å². The van der Waals surface area contributed by atoms with Crippen molar-refractivity contribution in [3.8, 4) is 0 Å². The highest BCUT2D eigenvalue weighted by Crippen LogP contribution is 2.14. The van der Waals surface area contributed by atoms with E-state index in [0.29, 0.717) is 11.1 Å². The number of sulfone groups is 1. The third-order valence-corrected chi connectivity index (χ3v) is 4.23. The Hall–Kier alpha value is -2.20. The van der Waals surface area contributed by atoms with Crippen molar-refractivity contribution >= 4 is 21.7 Å². The standard InChI is InChI=1S/C16H14O3S/c1-13(17)15-7-5-6-14(12-15)10-11-20(18,19)16-8-3-2-4-9-16/h2-12H,1H3/b11-10+. The van der Waals surface area contributed by atoms with Crippen LogP contribution in [-0.2, 0) is 9.84 Å². The third kappa shape index (κ3) is 3.42. The van der Waals surface area contributed by atoms with Gasteiger partial charge in [-0.2, -0.15) is 0 Å². The molecule has 4 heteroatoms. The summed E-state index contributed by atoms with van der Waals surface area (Å²) in [5.41, 5.74) is 1.24. The van der Waals surface area contributed by atoms with E-state index in [4.69, 9.17) is 0 Å². The molecular formula is C16H14O3S. The maximum absolute atomic E-state index is 12.1. The molecule has 0 radical (unpaired) electrons. The highest BCUT2D eigenvalue weighted by molar-refractivity contribution is 7.94. The summed E-state index contributed by atoms with van der Waals surface area (Å²) in [7, 11) is -3.46. The summed E-state index contributed by atoms with van der Waals surface area (Å²) in [6.45, 7) is 1.48. The first-order valence-electron chi connectivity index (χ1n) is 6.08. The Morgan fingerprint density at radius 2 is 1.70 bits per heavy atom. The Morgan fingerprint density at radius 1 is 1.00 bits per heavy atom. The smallest absolute Gasteiger partial charge is 0.199 e. The van der Waals surface area contributed by atoms with Gasteiger partial charge in [-0.25, -0.2) is 8.42 Å². The molecule has 0 saturated heterocycles. The predicted molar refractivity (Wildman–Crippen MR) is 79.1 cm³/mol. The van der Waals surface area contributed by atoms with E-state index < -0.39 is 9.84 Å². The summed E-state index contributed by atoms with van der Waals surface area (Å²) in [5.74, 6) is -0.0498. The SMILES string of the molecule is CC(=O)c1cccc(/C=C/S(=O)(=O)c2ccccc2)c1. The van der Waals surface area contributed by atoms with Crippen LogP contribution in [0.3, 0.4) is 0 Å².